The standard InChI is InChI=1S/C10H12N3O2.K/c1-3-10(14)12-4-5-13-8(7-12)9(15-2)6-11-13;/h3H,1,4-5,7H2,2H3;/q-1;+1. The monoisotopic (exact) mass is 245 g/mol. The van der Waals surface area contributed by atoms with E-state index in [0.29, 0.717) is 25.4 Å². The van der Waals surface area contributed by atoms with E-state index in [1.54, 1.807) is 12.0 Å². The Morgan fingerprint density at radius 1 is 1.62 bits per heavy atom. The van der Waals surface area contributed by atoms with Gasteiger partial charge in [0.1, 0.15) is 0 Å². The third-order valence-electron chi connectivity index (χ3n) is 2.46. The van der Waals surface area contributed by atoms with E-state index < -0.39 is 0 Å². The minimum absolute atomic E-state index is 0. The van der Waals surface area contributed by atoms with Crippen molar-refractivity contribution in [3.63, 3.8) is 0 Å². The molecule has 6 heteroatoms. The first-order valence-corrected chi connectivity index (χ1v) is 4.69. The Hall–Kier alpha value is -0.144. The van der Waals surface area contributed by atoms with Gasteiger partial charge in [-0.3, -0.25) is 4.79 Å². The molecule has 0 aliphatic carbocycles. The number of amides is 1. The van der Waals surface area contributed by atoms with Crippen molar-refractivity contribution < 1.29 is 60.9 Å². The average molecular weight is 245 g/mol. The maximum Gasteiger partial charge on any atom is 1.00 e. The third kappa shape index (κ3) is 2.57. The maximum absolute atomic E-state index is 11.4. The average Bonchev–Trinajstić information content (AvgIpc) is 2.69. The SMILES string of the molecule is C=CC(=O)N1CCn2n[c-]c(OC)c2C1.[K+]. The number of carbonyl (C=O) groups excluding carboxylic acids is 1. The van der Waals surface area contributed by atoms with Gasteiger partial charge < -0.3 is 19.4 Å². The zero-order valence-corrected chi connectivity index (χ0v) is 12.7. The quantitative estimate of drug-likeness (QED) is 0.322. The first kappa shape index (κ1) is 13.9. The fraction of sp³-hybridized carbons (Fsp3) is 0.400. The Bertz CT molecular complexity index is 389. The van der Waals surface area contributed by atoms with Gasteiger partial charge in [0.15, 0.2) is 0 Å². The van der Waals surface area contributed by atoms with E-state index in [4.69, 9.17) is 4.74 Å². The van der Waals surface area contributed by atoms with Crippen molar-refractivity contribution in [2.24, 2.45) is 0 Å². The number of hydrogen-bond acceptors (Lipinski definition) is 3. The van der Waals surface area contributed by atoms with E-state index in [1.165, 1.54) is 6.08 Å². The van der Waals surface area contributed by atoms with E-state index in [0.717, 1.165) is 5.69 Å². The molecule has 1 aliphatic heterocycles. The summed E-state index contributed by atoms with van der Waals surface area (Å²) in [5, 5.41) is 4.05. The first-order valence-electron chi connectivity index (χ1n) is 4.69. The van der Waals surface area contributed by atoms with Crippen molar-refractivity contribution in [1.82, 2.24) is 14.7 Å². The van der Waals surface area contributed by atoms with Crippen LogP contribution in [0.15, 0.2) is 12.7 Å². The summed E-state index contributed by atoms with van der Waals surface area (Å²) in [4.78, 5) is 13.1. The van der Waals surface area contributed by atoms with Gasteiger partial charge in [0.25, 0.3) is 0 Å². The molecule has 5 nitrogen and oxygen atoms in total. The summed E-state index contributed by atoms with van der Waals surface area (Å²) in [5.74, 6) is 0.543. The molecule has 1 amide bonds. The number of ether oxygens (including phenoxy) is 1. The molecule has 2 rings (SSSR count). The summed E-state index contributed by atoms with van der Waals surface area (Å²) in [5.41, 5.74) is 0.888. The van der Waals surface area contributed by atoms with Crippen LogP contribution in [-0.4, -0.2) is 34.2 Å². The van der Waals surface area contributed by atoms with E-state index in [-0.39, 0.29) is 57.3 Å². The van der Waals surface area contributed by atoms with E-state index in [9.17, 15) is 4.79 Å². The number of aromatic nitrogens is 2. The van der Waals surface area contributed by atoms with E-state index >= 15 is 0 Å². The van der Waals surface area contributed by atoms with Crippen molar-refractivity contribution in [2.75, 3.05) is 13.7 Å². The molecular weight excluding hydrogens is 233 g/mol. The minimum Gasteiger partial charge on any atom is -0.531 e. The number of fused-ring (bicyclic) bond motifs is 1. The maximum atomic E-state index is 11.4. The molecule has 1 aliphatic rings. The second-order valence-corrected chi connectivity index (χ2v) is 3.28. The van der Waals surface area contributed by atoms with Gasteiger partial charge in [0, 0.05) is 13.1 Å². The van der Waals surface area contributed by atoms with Crippen LogP contribution >= 0.6 is 0 Å². The zero-order chi connectivity index (χ0) is 10.8. The second kappa shape index (κ2) is 5.97. The molecule has 16 heavy (non-hydrogen) atoms. The number of nitrogens with zero attached hydrogens (tertiary/aromatic N) is 3. The molecule has 1 aromatic heterocycles. The molecule has 2 heterocycles. The van der Waals surface area contributed by atoms with Crippen molar-refractivity contribution in [1.29, 1.82) is 0 Å². The Labute approximate surface area is 137 Å². The smallest absolute Gasteiger partial charge is 0.531 e. The summed E-state index contributed by atoms with van der Waals surface area (Å²) in [7, 11) is 1.57. The van der Waals surface area contributed by atoms with Crippen LogP contribution in [0.2, 0.25) is 0 Å². The summed E-state index contributed by atoms with van der Waals surface area (Å²) in [6, 6.07) is 0. The zero-order valence-electron chi connectivity index (χ0n) is 9.56. The van der Waals surface area contributed by atoms with Gasteiger partial charge in [-0.2, -0.15) is 0 Å². The van der Waals surface area contributed by atoms with Crippen LogP contribution in [0.5, 0.6) is 5.75 Å². The van der Waals surface area contributed by atoms with Crippen molar-refractivity contribution >= 4 is 5.91 Å². The number of methoxy groups -OCH3 is 1. The summed E-state index contributed by atoms with van der Waals surface area (Å²) < 4.78 is 6.92. The third-order valence-corrected chi connectivity index (χ3v) is 2.46. The normalized spacial score (nSPS) is 13.7. The van der Waals surface area contributed by atoms with E-state index in [2.05, 4.69) is 17.9 Å². The number of hydrogen-bond donors (Lipinski definition) is 0. The van der Waals surface area contributed by atoms with Crippen LogP contribution in [-0.2, 0) is 17.9 Å². The van der Waals surface area contributed by atoms with Crippen LogP contribution in [0, 0.1) is 6.20 Å². The van der Waals surface area contributed by atoms with Gasteiger partial charge in [-0.15, -0.1) is 0 Å². The Kier molecular flexibility index (Phi) is 5.19. The summed E-state index contributed by atoms with van der Waals surface area (Å²) >= 11 is 0. The summed E-state index contributed by atoms with van der Waals surface area (Å²) in [6.07, 6.45) is 4.09. The molecule has 0 radical (unpaired) electrons. The Balaban J connectivity index is 0.00000128. The van der Waals surface area contributed by atoms with Crippen LogP contribution < -0.4 is 56.1 Å². The summed E-state index contributed by atoms with van der Waals surface area (Å²) in [6.45, 7) is 5.30. The fourth-order valence-corrected chi connectivity index (χ4v) is 1.64. The fourth-order valence-electron chi connectivity index (χ4n) is 1.64. The second-order valence-electron chi connectivity index (χ2n) is 3.28. The van der Waals surface area contributed by atoms with Gasteiger partial charge >= 0.3 is 51.4 Å². The van der Waals surface area contributed by atoms with Crippen LogP contribution in [0.3, 0.4) is 0 Å². The van der Waals surface area contributed by atoms with Crippen molar-refractivity contribution in [3.05, 3.63) is 24.5 Å². The molecule has 0 saturated heterocycles. The number of carbonyl (C=O) groups is 1. The van der Waals surface area contributed by atoms with Crippen LogP contribution in [0.4, 0.5) is 0 Å². The van der Waals surface area contributed by atoms with Crippen molar-refractivity contribution in [2.45, 2.75) is 13.1 Å². The molecule has 0 spiro atoms. The molecule has 0 N–H and O–H groups in total. The van der Waals surface area contributed by atoms with Gasteiger partial charge in [-0.1, -0.05) is 18.5 Å². The van der Waals surface area contributed by atoms with Gasteiger partial charge in [-0.05, 0) is 18.4 Å². The molecule has 0 saturated carbocycles. The van der Waals surface area contributed by atoms with Gasteiger partial charge in [0.05, 0.1) is 7.11 Å². The molecule has 80 valence electrons. The molecule has 0 atom stereocenters. The van der Waals surface area contributed by atoms with Crippen molar-refractivity contribution in [3.8, 4) is 5.75 Å². The van der Waals surface area contributed by atoms with Gasteiger partial charge in [0.2, 0.25) is 5.91 Å². The molecule has 0 aromatic carbocycles. The molecular formula is C10H12KN3O2. The molecule has 1 aromatic rings. The Morgan fingerprint density at radius 3 is 3.00 bits per heavy atom. The largest absolute Gasteiger partial charge is 1.00 e. The molecule has 0 fully saturated rings. The van der Waals surface area contributed by atoms with Crippen LogP contribution in [0.25, 0.3) is 0 Å². The predicted octanol–water partition coefficient (Wildman–Crippen LogP) is -2.78. The first-order chi connectivity index (χ1) is 7.26. The molecule has 0 bridgehead atoms. The van der Waals surface area contributed by atoms with Gasteiger partial charge in [-0.25, -0.2) is 0 Å². The number of rotatable bonds is 2. The topological polar surface area (TPSA) is 47.4 Å². The van der Waals surface area contributed by atoms with E-state index in [1.807, 2.05) is 4.68 Å². The molecule has 0 unspecified atom stereocenters. The predicted molar refractivity (Wildman–Crippen MR) is 53.2 cm³/mol. The Morgan fingerprint density at radius 2 is 2.38 bits per heavy atom. The minimum atomic E-state index is -0.0653. The van der Waals surface area contributed by atoms with Crippen LogP contribution in [0.1, 0.15) is 5.69 Å².